The molecule has 2 heterocycles. The van der Waals surface area contributed by atoms with Gasteiger partial charge in [0.25, 0.3) is 0 Å². The zero-order valence-corrected chi connectivity index (χ0v) is 14.9. The van der Waals surface area contributed by atoms with Crippen LogP contribution in [0.1, 0.15) is 23.8 Å². The van der Waals surface area contributed by atoms with Crippen molar-refractivity contribution in [2.24, 2.45) is 0 Å². The van der Waals surface area contributed by atoms with Crippen LogP contribution in [0, 0.1) is 11.8 Å². The van der Waals surface area contributed by atoms with Gasteiger partial charge in [-0.1, -0.05) is 55.2 Å². The molecular weight excluding hydrogens is 334 g/mol. The molecule has 0 bridgehead atoms. The Bertz CT molecular complexity index is 1210. The third kappa shape index (κ3) is 3.26. The average Bonchev–Trinajstić information content (AvgIpc) is 2.73. The Balaban J connectivity index is 1.98. The van der Waals surface area contributed by atoms with Gasteiger partial charge in [0, 0.05) is 29.9 Å². The quantitative estimate of drug-likeness (QED) is 0.486. The molecule has 2 aromatic carbocycles. The van der Waals surface area contributed by atoms with E-state index in [0.717, 1.165) is 11.1 Å². The molecule has 3 heteroatoms. The Kier molecular flexibility index (Phi) is 4.55. The van der Waals surface area contributed by atoms with E-state index in [1.165, 1.54) is 0 Å². The molecule has 0 saturated heterocycles. The van der Waals surface area contributed by atoms with E-state index in [2.05, 4.69) is 16.8 Å². The lowest BCUT2D eigenvalue weighted by Crippen LogP contribution is -2.10. The molecule has 0 spiro atoms. The molecule has 0 saturated carbocycles. The van der Waals surface area contributed by atoms with Gasteiger partial charge in [0.15, 0.2) is 0 Å². The van der Waals surface area contributed by atoms with Crippen molar-refractivity contribution in [3.63, 3.8) is 0 Å². The summed E-state index contributed by atoms with van der Waals surface area (Å²) in [5.41, 5.74) is 3.51. The van der Waals surface area contributed by atoms with Crippen molar-refractivity contribution in [3.8, 4) is 23.0 Å². The third-order valence-corrected chi connectivity index (χ3v) is 4.40. The molecular formula is C24H17NO2. The normalized spacial score (nSPS) is 10.4. The molecule has 27 heavy (non-hydrogen) atoms. The van der Waals surface area contributed by atoms with Gasteiger partial charge in [0.2, 0.25) is 5.43 Å². The van der Waals surface area contributed by atoms with E-state index in [-0.39, 0.29) is 5.43 Å². The summed E-state index contributed by atoms with van der Waals surface area (Å²) in [4.78, 5) is 17.4. The zero-order valence-electron chi connectivity index (χ0n) is 14.9. The first-order valence-corrected chi connectivity index (χ1v) is 8.84. The summed E-state index contributed by atoms with van der Waals surface area (Å²) in [5, 5.41) is 0.523. The van der Waals surface area contributed by atoms with E-state index in [9.17, 15) is 4.79 Å². The van der Waals surface area contributed by atoms with Crippen LogP contribution < -0.4 is 5.43 Å². The number of aromatic nitrogens is 1. The molecule has 3 nitrogen and oxygen atoms in total. The van der Waals surface area contributed by atoms with Gasteiger partial charge in [-0.15, -0.1) is 0 Å². The summed E-state index contributed by atoms with van der Waals surface area (Å²) in [6.07, 6.45) is 4.04. The number of pyridine rings is 1. The highest BCUT2D eigenvalue weighted by atomic mass is 16.3. The fraction of sp³-hybridized carbons (Fsp3) is 0.0833. The lowest BCUT2D eigenvalue weighted by atomic mass is 9.99. The van der Waals surface area contributed by atoms with Crippen LogP contribution in [0.25, 0.3) is 22.1 Å². The molecule has 2 aromatic heterocycles. The van der Waals surface area contributed by atoms with Crippen LogP contribution in [0.5, 0.6) is 0 Å². The minimum Gasteiger partial charge on any atom is -0.460 e. The largest absolute Gasteiger partial charge is 0.460 e. The van der Waals surface area contributed by atoms with E-state index in [1.54, 1.807) is 12.4 Å². The minimum atomic E-state index is -0.0427. The number of fused-ring (bicyclic) bond motifs is 1. The smallest absolute Gasteiger partial charge is 0.202 e. The molecule has 4 aromatic rings. The first-order chi connectivity index (χ1) is 13.3. The van der Waals surface area contributed by atoms with Crippen LogP contribution in [-0.2, 0) is 6.42 Å². The first-order valence-electron chi connectivity index (χ1n) is 8.84. The summed E-state index contributed by atoms with van der Waals surface area (Å²) in [5.74, 6) is 6.91. The Labute approximate surface area is 157 Å². The highest BCUT2D eigenvalue weighted by Gasteiger charge is 2.16. The molecule has 0 unspecified atom stereocenters. The van der Waals surface area contributed by atoms with Crippen molar-refractivity contribution in [3.05, 3.63) is 100 Å². The van der Waals surface area contributed by atoms with Crippen LogP contribution in [0.2, 0.25) is 0 Å². The molecule has 0 aliphatic heterocycles. The van der Waals surface area contributed by atoms with Crippen LogP contribution in [0.3, 0.4) is 0 Å². The zero-order chi connectivity index (χ0) is 18.6. The maximum atomic E-state index is 13.4. The van der Waals surface area contributed by atoms with Crippen molar-refractivity contribution >= 4 is 11.0 Å². The number of benzene rings is 2. The van der Waals surface area contributed by atoms with Crippen molar-refractivity contribution in [1.82, 2.24) is 4.98 Å². The maximum absolute atomic E-state index is 13.4. The van der Waals surface area contributed by atoms with Crippen molar-refractivity contribution in [1.29, 1.82) is 0 Å². The van der Waals surface area contributed by atoms with E-state index in [0.29, 0.717) is 34.3 Å². The minimum absolute atomic E-state index is 0.0427. The second-order valence-electron chi connectivity index (χ2n) is 6.11. The van der Waals surface area contributed by atoms with Crippen LogP contribution >= 0.6 is 0 Å². The topological polar surface area (TPSA) is 43.1 Å². The molecule has 130 valence electrons. The Morgan fingerprint density at radius 2 is 1.70 bits per heavy atom. The van der Waals surface area contributed by atoms with Crippen molar-refractivity contribution in [2.75, 3.05) is 0 Å². The summed E-state index contributed by atoms with van der Waals surface area (Å²) in [7, 11) is 0. The lowest BCUT2D eigenvalue weighted by molar-refractivity contribution is 0.546. The molecule has 0 fully saturated rings. The molecule has 0 aliphatic carbocycles. The number of nitrogens with zero attached hydrogens (tertiary/aromatic N) is 1. The van der Waals surface area contributed by atoms with Crippen molar-refractivity contribution in [2.45, 2.75) is 13.3 Å². The Morgan fingerprint density at radius 1 is 0.926 bits per heavy atom. The second kappa shape index (κ2) is 7.31. The number of aryl methyl sites for hydroxylation is 1. The molecule has 0 atom stereocenters. The predicted molar refractivity (Wildman–Crippen MR) is 108 cm³/mol. The van der Waals surface area contributed by atoms with Gasteiger partial charge in [-0.3, -0.25) is 9.78 Å². The molecule has 4 rings (SSSR count). The van der Waals surface area contributed by atoms with Crippen molar-refractivity contribution < 1.29 is 4.42 Å². The van der Waals surface area contributed by atoms with Crippen LogP contribution in [0.15, 0.2) is 82.3 Å². The van der Waals surface area contributed by atoms with E-state index in [1.807, 2.05) is 67.6 Å². The SMILES string of the molecule is CCc1oc2cccc(C#Cc3ccncc3)c2c(=O)c1-c1ccccc1. The monoisotopic (exact) mass is 351 g/mol. The predicted octanol–water partition coefficient (Wildman–Crippen LogP) is 4.82. The number of hydrogen-bond donors (Lipinski definition) is 0. The van der Waals surface area contributed by atoms with Crippen LogP contribution in [0.4, 0.5) is 0 Å². The van der Waals surface area contributed by atoms with Gasteiger partial charge in [-0.25, -0.2) is 0 Å². The molecule has 0 radical (unpaired) electrons. The van der Waals surface area contributed by atoms with E-state index < -0.39 is 0 Å². The van der Waals surface area contributed by atoms with Gasteiger partial charge < -0.3 is 4.42 Å². The highest BCUT2D eigenvalue weighted by Crippen LogP contribution is 2.26. The summed E-state index contributed by atoms with van der Waals surface area (Å²) >= 11 is 0. The fourth-order valence-corrected chi connectivity index (χ4v) is 3.11. The summed E-state index contributed by atoms with van der Waals surface area (Å²) in [6, 6.07) is 18.9. The van der Waals surface area contributed by atoms with Gasteiger partial charge in [0.1, 0.15) is 11.3 Å². The molecule has 0 amide bonds. The third-order valence-electron chi connectivity index (χ3n) is 4.40. The van der Waals surface area contributed by atoms with Crippen LogP contribution in [-0.4, -0.2) is 4.98 Å². The molecule has 0 aliphatic rings. The second-order valence-corrected chi connectivity index (χ2v) is 6.11. The van der Waals surface area contributed by atoms with E-state index >= 15 is 0 Å². The average molecular weight is 351 g/mol. The summed E-state index contributed by atoms with van der Waals surface area (Å²) < 4.78 is 6.09. The van der Waals surface area contributed by atoms with E-state index in [4.69, 9.17) is 4.42 Å². The van der Waals surface area contributed by atoms with Gasteiger partial charge in [-0.05, 0) is 29.8 Å². The number of hydrogen-bond acceptors (Lipinski definition) is 3. The first kappa shape index (κ1) is 16.8. The van der Waals surface area contributed by atoms with Gasteiger partial charge in [0.05, 0.1) is 10.9 Å². The molecule has 0 N–H and O–H groups in total. The fourth-order valence-electron chi connectivity index (χ4n) is 3.11. The van der Waals surface area contributed by atoms with Gasteiger partial charge >= 0.3 is 0 Å². The summed E-state index contributed by atoms with van der Waals surface area (Å²) in [6.45, 7) is 1.99. The maximum Gasteiger partial charge on any atom is 0.202 e. The lowest BCUT2D eigenvalue weighted by Gasteiger charge is -2.09. The highest BCUT2D eigenvalue weighted by molar-refractivity contribution is 5.88. The Morgan fingerprint density at radius 3 is 2.44 bits per heavy atom. The standard InChI is InChI=1S/C24H17NO2/c1-2-20-22(18-7-4-3-5-8-18)24(26)23-19(9-6-10-21(23)27-20)12-11-17-13-15-25-16-14-17/h3-10,13-16H,2H2,1H3. The van der Waals surface area contributed by atoms with Gasteiger partial charge in [-0.2, -0.15) is 0 Å². The Hall–Kier alpha value is -3.64. The number of rotatable bonds is 2.